The lowest BCUT2D eigenvalue weighted by molar-refractivity contribution is 0.0961. The maximum absolute atomic E-state index is 14.3. The van der Waals surface area contributed by atoms with Crippen molar-refractivity contribution in [3.05, 3.63) is 64.9 Å². The van der Waals surface area contributed by atoms with Gasteiger partial charge in [0.25, 0.3) is 5.91 Å². The number of aromatic nitrogens is 4. The molecule has 0 aliphatic carbocycles. The maximum Gasteiger partial charge on any atom is 0.254 e. The highest BCUT2D eigenvalue weighted by molar-refractivity contribution is 7.15. The zero-order valence-corrected chi connectivity index (χ0v) is 18.1. The van der Waals surface area contributed by atoms with Gasteiger partial charge in [0.15, 0.2) is 5.82 Å². The van der Waals surface area contributed by atoms with E-state index in [1.807, 2.05) is 32.0 Å². The third kappa shape index (κ3) is 4.22. The van der Waals surface area contributed by atoms with Crippen molar-refractivity contribution in [3.63, 3.8) is 0 Å². The van der Waals surface area contributed by atoms with Gasteiger partial charge in [0.1, 0.15) is 12.1 Å². The van der Waals surface area contributed by atoms with Crippen LogP contribution in [0.4, 0.5) is 10.2 Å². The van der Waals surface area contributed by atoms with Crippen LogP contribution in [0.25, 0.3) is 21.5 Å². The number of anilines is 1. The van der Waals surface area contributed by atoms with E-state index in [0.717, 1.165) is 27.3 Å². The average Bonchev–Trinajstić information content (AvgIpc) is 3.23. The summed E-state index contributed by atoms with van der Waals surface area (Å²) in [6, 6.07) is 7.36. The number of hydrogen-bond donors (Lipinski definition) is 2. The number of pyridine rings is 1. The fourth-order valence-corrected chi connectivity index (χ4v) is 4.16. The van der Waals surface area contributed by atoms with Crippen molar-refractivity contribution in [2.45, 2.75) is 19.8 Å². The summed E-state index contributed by atoms with van der Waals surface area (Å²) in [5.74, 6) is -0.377. The number of para-hydroxylation sites is 1. The summed E-state index contributed by atoms with van der Waals surface area (Å²) in [7, 11) is 1.48. The summed E-state index contributed by atoms with van der Waals surface area (Å²) in [6.07, 6.45) is 4.43. The number of hydrogen-bond acceptors (Lipinski definition) is 7. The Kier molecular flexibility index (Phi) is 5.85. The number of carbonyl (C=O) groups excluding carboxylic acids is 1. The first-order valence-electron chi connectivity index (χ1n) is 9.76. The molecule has 0 aliphatic rings. The zero-order chi connectivity index (χ0) is 22.0. The number of nitrogens with one attached hydrogen (secondary N) is 2. The highest BCUT2D eigenvalue weighted by atomic mass is 32.1. The summed E-state index contributed by atoms with van der Waals surface area (Å²) in [6.45, 7) is 4.57. The molecule has 7 nitrogen and oxygen atoms in total. The van der Waals surface area contributed by atoms with Gasteiger partial charge in [0.05, 0.1) is 32.9 Å². The second-order valence-corrected chi connectivity index (χ2v) is 8.35. The molecule has 4 rings (SSSR count). The number of nitrogens with zero attached hydrogens (tertiary/aromatic N) is 4. The molecule has 1 atom stereocenters. The number of aryl methyl sites for hydroxylation is 1. The third-order valence-corrected chi connectivity index (χ3v) is 5.93. The molecule has 2 N–H and O–H groups in total. The van der Waals surface area contributed by atoms with Gasteiger partial charge in [-0.05, 0) is 12.5 Å². The molecule has 1 amide bonds. The first-order valence-corrected chi connectivity index (χ1v) is 10.6. The molecule has 0 saturated carbocycles. The Morgan fingerprint density at radius 3 is 2.77 bits per heavy atom. The van der Waals surface area contributed by atoms with Gasteiger partial charge in [-0.3, -0.25) is 9.78 Å². The van der Waals surface area contributed by atoms with Gasteiger partial charge in [-0.25, -0.2) is 19.3 Å². The SMILES string of the molecule is CNC(=O)c1c(F)cnc2c(C(C)CNc3cc(-c4cnc(C)s4)ncn3)cccc12. The summed E-state index contributed by atoms with van der Waals surface area (Å²) in [4.78, 5) is 30.3. The second-order valence-electron chi connectivity index (χ2n) is 7.12. The molecule has 0 spiro atoms. The van der Waals surface area contributed by atoms with Crippen LogP contribution < -0.4 is 10.6 Å². The van der Waals surface area contributed by atoms with Crippen LogP contribution in [0.1, 0.15) is 33.8 Å². The highest BCUT2D eigenvalue weighted by Gasteiger charge is 2.19. The van der Waals surface area contributed by atoms with E-state index in [1.165, 1.54) is 13.4 Å². The van der Waals surface area contributed by atoms with Gasteiger partial charge in [-0.2, -0.15) is 0 Å². The minimum atomic E-state index is -0.637. The number of benzene rings is 1. The van der Waals surface area contributed by atoms with Crippen LogP contribution in [0.5, 0.6) is 0 Å². The third-order valence-electron chi connectivity index (χ3n) is 5.00. The van der Waals surface area contributed by atoms with Crippen molar-refractivity contribution in [1.82, 2.24) is 25.3 Å². The zero-order valence-electron chi connectivity index (χ0n) is 17.3. The molecule has 3 aromatic heterocycles. The molecule has 1 unspecified atom stereocenters. The van der Waals surface area contributed by atoms with Crippen LogP contribution in [0.2, 0.25) is 0 Å². The van der Waals surface area contributed by atoms with Crippen molar-refractivity contribution < 1.29 is 9.18 Å². The standard InChI is InChI=1S/C22H21FN6OS/c1-12(8-26-19-7-17(28-11-29-19)18-10-25-13(2)31-18)14-5-4-6-15-20(22(30)24-3)16(23)9-27-21(14)15/h4-7,9-12H,8H2,1-3H3,(H,24,30)(H,26,28,29). The van der Waals surface area contributed by atoms with Crippen molar-refractivity contribution >= 4 is 34.0 Å². The van der Waals surface area contributed by atoms with Crippen molar-refractivity contribution in [2.24, 2.45) is 0 Å². The van der Waals surface area contributed by atoms with E-state index >= 15 is 0 Å². The molecular weight excluding hydrogens is 415 g/mol. The number of thiazole rings is 1. The molecule has 0 fully saturated rings. The van der Waals surface area contributed by atoms with Gasteiger partial charge in [0, 0.05) is 37.2 Å². The van der Waals surface area contributed by atoms with E-state index in [1.54, 1.807) is 23.6 Å². The van der Waals surface area contributed by atoms with Crippen LogP contribution in [-0.4, -0.2) is 39.4 Å². The van der Waals surface area contributed by atoms with Crippen molar-refractivity contribution in [3.8, 4) is 10.6 Å². The van der Waals surface area contributed by atoms with E-state index in [9.17, 15) is 9.18 Å². The molecule has 9 heteroatoms. The van der Waals surface area contributed by atoms with E-state index in [4.69, 9.17) is 0 Å². The summed E-state index contributed by atoms with van der Waals surface area (Å²) in [5, 5.41) is 7.30. The van der Waals surface area contributed by atoms with Crippen LogP contribution in [0.3, 0.4) is 0 Å². The quantitative estimate of drug-likeness (QED) is 0.471. The first-order chi connectivity index (χ1) is 15.0. The molecule has 4 aromatic rings. The first kappa shape index (κ1) is 20.8. The number of amides is 1. The molecule has 0 bridgehead atoms. The van der Waals surface area contributed by atoms with Gasteiger partial charge < -0.3 is 10.6 Å². The second kappa shape index (κ2) is 8.73. The van der Waals surface area contributed by atoms with Gasteiger partial charge in [-0.15, -0.1) is 11.3 Å². The van der Waals surface area contributed by atoms with Gasteiger partial charge >= 0.3 is 0 Å². The van der Waals surface area contributed by atoms with E-state index < -0.39 is 11.7 Å². The van der Waals surface area contributed by atoms with E-state index in [0.29, 0.717) is 23.3 Å². The Balaban J connectivity index is 1.58. The maximum atomic E-state index is 14.3. The smallest absolute Gasteiger partial charge is 0.254 e. The fraction of sp³-hybridized carbons (Fsp3) is 0.227. The molecular formula is C22H21FN6OS. The number of rotatable bonds is 6. The van der Waals surface area contributed by atoms with Crippen LogP contribution in [-0.2, 0) is 0 Å². The number of carbonyl (C=O) groups is 1. The Bertz CT molecular complexity index is 1260. The lowest BCUT2D eigenvalue weighted by atomic mass is 9.96. The monoisotopic (exact) mass is 436 g/mol. The number of halogens is 1. The predicted octanol–water partition coefficient (Wildman–Crippen LogP) is 4.17. The Morgan fingerprint density at radius 2 is 2.03 bits per heavy atom. The lowest BCUT2D eigenvalue weighted by Gasteiger charge is -2.16. The molecule has 0 aliphatic heterocycles. The topological polar surface area (TPSA) is 92.7 Å². The molecule has 0 radical (unpaired) electrons. The Labute approximate surface area is 182 Å². The van der Waals surface area contributed by atoms with Gasteiger partial charge in [-0.1, -0.05) is 25.1 Å². The number of fused-ring (bicyclic) bond motifs is 1. The molecule has 158 valence electrons. The summed E-state index contributed by atoms with van der Waals surface area (Å²) in [5.41, 5.74) is 2.35. The Morgan fingerprint density at radius 1 is 1.19 bits per heavy atom. The molecule has 31 heavy (non-hydrogen) atoms. The summed E-state index contributed by atoms with van der Waals surface area (Å²) >= 11 is 1.58. The van der Waals surface area contributed by atoms with Crippen LogP contribution in [0, 0.1) is 12.7 Å². The van der Waals surface area contributed by atoms with E-state index in [2.05, 4.69) is 30.6 Å². The lowest BCUT2D eigenvalue weighted by Crippen LogP contribution is -2.20. The van der Waals surface area contributed by atoms with E-state index in [-0.39, 0.29) is 11.5 Å². The van der Waals surface area contributed by atoms with Crippen LogP contribution >= 0.6 is 11.3 Å². The van der Waals surface area contributed by atoms with Crippen molar-refractivity contribution in [1.29, 1.82) is 0 Å². The average molecular weight is 437 g/mol. The van der Waals surface area contributed by atoms with Crippen LogP contribution in [0.15, 0.2) is 43.0 Å². The fourth-order valence-electron chi connectivity index (χ4n) is 3.41. The largest absolute Gasteiger partial charge is 0.369 e. The van der Waals surface area contributed by atoms with Crippen molar-refractivity contribution in [2.75, 3.05) is 18.9 Å². The minimum absolute atomic E-state index is 0.00908. The van der Waals surface area contributed by atoms with Gasteiger partial charge in [0.2, 0.25) is 0 Å². The highest BCUT2D eigenvalue weighted by Crippen LogP contribution is 2.29. The molecule has 0 saturated heterocycles. The predicted molar refractivity (Wildman–Crippen MR) is 120 cm³/mol. The Hall–Kier alpha value is -3.46. The summed E-state index contributed by atoms with van der Waals surface area (Å²) < 4.78 is 14.3. The minimum Gasteiger partial charge on any atom is -0.369 e. The molecule has 3 heterocycles. The normalized spacial score (nSPS) is 12.0. The molecule has 1 aromatic carbocycles.